The van der Waals surface area contributed by atoms with Crippen molar-refractivity contribution in [2.75, 3.05) is 19.6 Å². The summed E-state index contributed by atoms with van der Waals surface area (Å²) in [6, 6.07) is 0.746. The second-order valence-electron chi connectivity index (χ2n) is 4.50. The number of piperidine rings is 1. The summed E-state index contributed by atoms with van der Waals surface area (Å²) in [4.78, 5) is 2.62. The minimum atomic E-state index is 0.746. The average molecular weight is 184 g/mol. The molecule has 0 radical (unpaired) electrons. The van der Waals surface area contributed by atoms with Crippen LogP contribution < -0.4 is 5.73 Å². The zero-order chi connectivity index (χ0) is 9.68. The molecule has 1 aliphatic rings. The van der Waals surface area contributed by atoms with Crippen LogP contribution in [0.15, 0.2) is 0 Å². The Morgan fingerprint density at radius 2 is 2.00 bits per heavy atom. The van der Waals surface area contributed by atoms with Crippen molar-refractivity contribution < 1.29 is 0 Å². The lowest BCUT2D eigenvalue weighted by Crippen LogP contribution is -2.39. The molecule has 0 amide bonds. The van der Waals surface area contributed by atoms with Crippen LogP contribution in [0.4, 0.5) is 0 Å². The summed E-state index contributed by atoms with van der Waals surface area (Å²) in [5, 5.41) is 0. The van der Waals surface area contributed by atoms with Gasteiger partial charge in [0.05, 0.1) is 0 Å². The summed E-state index contributed by atoms with van der Waals surface area (Å²) in [5.41, 5.74) is 5.51. The molecule has 1 rings (SSSR count). The van der Waals surface area contributed by atoms with E-state index < -0.39 is 0 Å². The molecular formula is C11H24N2. The van der Waals surface area contributed by atoms with Gasteiger partial charge in [-0.05, 0) is 58.2 Å². The predicted molar refractivity (Wildman–Crippen MR) is 57.7 cm³/mol. The van der Waals surface area contributed by atoms with E-state index >= 15 is 0 Å². The minimum Gasteiger partial charge on any atom is -0.330 e. The van der Waals surface area contributed by atoms with E-state index in [1.54, 1.807) is 0 Å². The molecule has 1 aliphatic heterocycles. The third kappa shape index (κ3) is 3.65. The normalized spacial score (nSPS) is 23.3. The van der Waals surface area contributed by atoms with Gasteiger partial charge < -0.3 is 10.6 Å². The van der Waals surface area contributed by atoms with Crippen LogP contribution in [0.5, 0.6) is 0 Å². The van der Waals surface area contributed by atoms with E-state index in [0.717, 1.165) is 18.5 Å². The van der Waals surface area contributed by atoms with Crippen molar-refractivity contribution in [1.29, 1.82) is 0 Å². The molecule has 0 bridgehead atoms. The summed E-state index contributed by atoms with van der Waals surface area (Å²) in [6.07, 6.45) is 5.21. The molecule has 2 nitrogen and oxygen atoms in total. The molecule has 13 heavy (non-hydrogen) atoms. The lowest BCUT2D eigenvalue weighted by atomic mass is 9.97. The quantitative estimate of drug-likeness (QED) is 0.722. The molecule has 1 fully saturated rings. The van der Waals surface area contributed by atoms with Crippen LogP contribution in [0.3, 0.4) is 0 Å². The fourth-order valence-electron chi connectivity index (χ4n) is 2.07. The maximum absolute atomic E-state index is 5.51. The number of rotatable bonds is 4. The number of nitrogens with zero attached hydrogens (tertiary/aromatic N) is 1. The van der Waals surface area contributed by atoms with E-state index in [4.69, 9.17) is 5.73 Å². The van der Waals surface area contributed by atoms with Gasteiger partial charge in [-0.1, -0.05) is 6.92 Å². The SMILES string of the molecule is CC1CCN(C(C)CCCN)CC1. The van der Waals surface area contributed by atoms with Gasteiger partial charge in [-0.2, -0.15) is 0 Å². The fourth-order valence-corrected chi connectivity index (χ4v) is 2.07. The van der Waals surface area contributed by atoms with E-state index in [1.807, 2.05) is 0 Å². The Hall–Kier alpha value is -0.0800. The van der Waals surface area contributed by atoms with Crippen LogP contribution in [-0.2, 0) is 0 Å². The first-order valence-corrected chi connectivity index (χ1v) is 5.68. The molecule has 1 saturated heterocycles. The Balaban J connectivity index is 2.19. The van der Waals surface area contributed by atoms with E-state index in [9.17, 15) is 0 Å². The summed E-state index contributed by atoms with van der Waals surface area (Å²) in [5.74, 6) is 0.943. The second kappa shape index (κ2) is 5.61. The number of nitrogens with two attached hydrogens (primary N) is 1. The van der Waals surface area contributed by atoms with Gasteiger partial charge in [0.1, 0.15) is 0 Å². The molecule has 0 aromatic heterocycles. The van der Waals surface area contributed by atoms with Gasteiger partial charge in [0.25, 0.3) is 0 Å². The topological polar surface area (TPSA) is 29.3 Å². The molecule has 0 spiro atoms. The van der Waals surface area contributed by atoms with Gasteiger partial charge >= 0.3 is 0 Å². The number of hydrogen-bond acceptors (Lipinski definition) is 2. The van der Waals surface area contributed by atoms with E-state index in [0.29, 0.717) is 0 Å². The van der Waals surface area contributed by atoms with Gasteiger partial charge in [0.2, 0.25) is 0 Å². The number of likely N-dealkylation sites (tertiary alicyclic amines) is 1. The Morgan fingerprint density at radius 1 is 1.38 bits per heavy atom. The molecule has 78 valence electrons. The lowest BCUT2D eigenvalue weighted by molar-refractivity contribution is 0.140. The Morgan fingerprint density at radius 3 is 2.54 bits per heavy atom. The zero-order valence-electron chi connectivity index (χ0n) is 9.13. The second-order valence-corrected chi connectivity index (χ2v) is 4.50. The Bertz CT molecular complexity index is 128. The molecular weight excluding hydrogens is 160 g/mol. The van der Waals surface area contributed by atoms with Gasteiger partial charge in [0, 0.05) is 6.04 Å². The highest BCUT2D eigenvalue weighted by Gasteiger charge is 2.19. The monoisotopic (exact) mass is 184 g/mol. The van der Waals surface area contributed by atoms with Crippen LogP contribution >= 0.6 is 0 Å². The largest absolute Gasteiger partial charge is 0.330 e. The van der Waals surface area contributed by atoms with Crippen molar-refractivity contribution in [3.05, 3.63) is 0 Å². The van der Waals surface area contributed by atoms with Gasteiger partial charge in [0.15, 0.2) is 0 Å². The standard InChI is InChI=1S/C11H24N2/c1-10-5-8-13(9-6-10)11(2)4-3-7-12/h10-11H,3-9,12H2,1-2H3. The first-order valence-electron chi connectivity index (χ1n) is 5.68. The fraction of sp³-hybridized carbons (Fsp3) is 1.00. The Kier molecular flexibility index (Phi) is 4.74. The van der Waals surface area contributed by atoms with Crippen molar-refractivity contribution in [3.8, 4) is 0 Å². The van der Waals surface area contributed by atoms with Crippen molar-refractivity contribution in [2.24, 2.45) is 11.7 Å². The van der Waals surface area contributed by atoms with Crippen LogP contribution in [-0.4, -0.2) is 30.6 Å². The highest BCUT2D eigenvalue weighted by Crippen LogP contribution is 2.19. The van der Waals surface area contributed by atoms with Crippen molar-refractivity contribution in [3.63, 3.8) is 0 Å². The summed E-state index contributed by atoms with van der Waals surface area (Å²) >= 11 is 0. The first kappa shape index (κ1) is 11.0. The highest BCUT2D eigenvalue weighted by molar-refractivity contribution is 4.74. The van der Waals surface area contributed by atoms with Crippen LogP contribution in [0.2, 0.25) is 0 Å². The van der Waals surface area contributed by atoms with Gasteiger partial charge in [-0.3, -0.25) is 0 Å². The maximum Gasteiger partial charge on any atom is 0.00674 e. The molecule has 0 aromatic rings. The zero-order valence-corrected chi connectivity index (χ0v) is 9.13. The first-order chi connectivity index (χ1) is 6.24. The predicted octanol–water partition coefficient (Wildman–Crippen LogP) is 1.85. The average Bonchev–Trinajstić information content (AvgIpc) is 2.15. The molecule has 2 heteroatoms. The smallest absolute Gasteiger partial charge is 0.00674 e. The van der Waals surface area contributed by atoms with Crippen molar-refractivity contribution in [1.82, 2.24) is 4.90 Å². The van der Waals surface area contributed by atoms with Crippen molar-refractivity contribution in [2.45, 2.75) is 45.6 Å². The van der Waals surface area contributed by atoms with Gasteiger partial charge in [-0.15, -0.1) is 0 Å². The summed E-state index contributed by atoms with van der Waals surface area (Å²) in [7, 11) is 0. The molecule has 1 heterocycles. The van der Waals surface area contributed by atoms with Gasteiger partial charge in [-0.25, -0.2) is 0 Å². The lowest BCUT2D eigenvalue weighted by Gasteiger charge is -2.35. The van der Waals surface area contributed by atoms with Crippen LogP contribution in [0.1, 0.15) is 39.5 Å². The molecule has 0 saturated carbocycles. The van der Waals surface area contributed by atoms with Crippen LogP contribution in [0, 0.1) is 5.92 Å². The summed E-state index contributed by atoms with van der Waals surface area (Å²) < 4.78 is 0. The third-order valence-corrected chi connectivity index (χ3v) is 3.27. The van der Waals surface area contributed by atoms with E-state index in [2.05, 4.69) is 18.7 Å². The summed E-state index contributed by atoms with van der Waals surface area (Å²) in [6.45, 7) is 8.14. The molecule has 0 aromatic carbocycles. The molecule has 0 aliphatic carbocycles. The molecule has 1 atom stereocenters. The number of hydrogen-bond donors (Lipinski definition) is 1. The van der Waals surface area contributed by atoms with E-state index in [1.165, 1.54) is 38.8 Å². The molecule has 2 N–H and O–H groups in total. The minimum absolute atomic E-state index is 0.746. The third-order valence-electron chi connectivity index (χ3n) is 3.27. The van der Waals surface area contributed by atoms with E-state index in [-0.39, 0.29) is 0 Å². The maximum atomic E-state index is 5.51. The molecule has 1 unspecified atom stereocenters. The highest BCUT2D eigenvalue weighted by atomic mass is 15.2. The van der Waals surface area contributed by atoms with Crippen LogP contribution in [0.25, 0.3) is 0 Å². The van der Waals surface area contributed by atoms with Crippen molar-refractivity contribution >= 4 is 0 Å². The Labute approximate surface area is 82.5 Å².